The number of methoxy groups -OCH3 is 2. The molecule has 0 aromatic rings. The van der Waals surface area contributed by atoms with Gasteiger partial charge in [-0.3, -0.25) is 4.90 Å². The van der Waals surface area contributed by atoms with Crippen LogP contribution in [0.5, 0.6) is 0 Å². The molecule has 0 amide bonds. The Morgan fingerprint density at radius 3 is 2.50 bits per heavy atom. The van der Waals surface area contributed by atoms with Crippen molar-refractivity contribution in [2.75, 3.05) is 40.5 Å². The van der Waals surface area contributed by atoms with E-state index in [0.717, 1.165) is 19.4 Å². The highest BCUT2D eigenvalue weighted by molar-refractivity contribution is 5.49. The van der Waals surface area contributed by atoms with E-state index in [-0.39, 0.29) is 0 Å². The lowest BCUT2D eigenvalue weighted by molar-refractivity contribution is -0.108. The van der Waals surface area contributed by atoms with Gasteiger partial charge in [-0.05, 0) is 6.92 Å². The Hall–Kier alpha value is -0.450. The summed E-state index contributed by atoms with van der Waals surface area (Å²) in [6.45, 7) is 5.08. The zero-order valence-electron chi connectivity index (χ0n) is 9.36. The van der Waals surface area contributed by atoms with Crippen molar-refractivity contribution in [3.8, 4) is 0 Å². The average Bonchev–Trinajstić information content (AvgIpc) is 2.18. The molecule has 0 aliphatic carbocycles. The molecule has 0 fully saturated rings. The minimum absolute atomic E-state index is 0.329. The first kappa shape index (κ1) is 13.5. The first-order valence-corrected chi connectivity index (χ1v) is 4.91. The Bertz CT molecular complexity index is 141. The molecular formula is C10H21NO3. The normalized spacial score (nSPS) is 13.1. The fourth-order valence-corrected chi connectivity index (χ4v) is 1.33. The van der Waals surface area contributed by atoms with Crippen molar-refractivity contribution in [1.82, 2.24) is 4.90 Å². The molecule has 0 saturated heterocycles. The zero-order chi connectivity index (χ0) is 10.8. The second-order valence-corrected chi connectivity index (χ2v) is 3.29. The predicted molar refractivity (Wildman–Crippen MR) is 55.5 cm³/mol. The van der Waals surface area contributed by atoms with Crippen molar-refractivity contribution in [2.45, 2.75) is 19.4 Å². The summed E-state index contributed by atoms with van der Waals surface area (Å²) in [4.78, 5) is 12.5. The van der Waals surface area contributed by atoms with E-state index in [4.69, 9.17) is 9.47 Å². The molecule has 0 heterocycles. The molecule has 0 aliphatic heterocycles. The van der Waals surface area contributed by atoms with E-state index in [9.17, 15) is 4.79 Å². The zero-order valence-corrected chi connectivity index (χ0v) is 9.36. The molecule has 4 nitrogen and oxygen atoms in total. The van der Waals surface area contributed by atoms with Crippen molar-refractivity contribution in [1.29, 1.82) is 0 Å². The van der Waals surface area contributed by atoms with E-state index in [1.54, 1.807) is 14.2 Å². The summed E-state index contributed by atoms with van der Waals surface area (Å²) in [7, 11) is 3.36. The summed E-state index contributed by atoms with van der Waals surface area (Å²) < 4.78 is 10.1. The second kappa shape index (κ2) is 9.12. The third-order valence-corrected chi connectivity index (χ3v) is 2.15. The third-order valence-electron chi connectivity index (χ3n) is 2.15. The van der Waals surface area contributed by atoms with Crippen molar-refractivity contribution >= 4 is 6.29 Å². The van der Waals surface area contributed by atoms with Crippen LogP contribution in [0.25, 0.3) is 0 Å². The highest BCUT2D eigenvalue weighted by atomic mass is 16.5. The number of hydrogen-bond acceptors (Lipinski definition) is 4. The molecule has 0 aliphatic rings. The monoisotopic (exact) mass is 203 g/mol. The molecule has 0 aromatic carbocycles. The Morgan fingerprint density at radius 1 is 1.29 bits per heavy atom. The first-order chi connectivity index (χ1) is 6.76. The lowest BCUT2D eigenvalue weighted by Gasteiger charge is -2.27. The fraction of sp³-hybridized carbons (Fsp3) is 0.900. The van der Waals surface area contributed by atoms with Crippen LogP contribution >= 0.6 is 0 Å². The van der Waals surface area contributed by atoms with Gasteiger partial charge in [0.25, 0.3) is 0 Å². The molecule has 0 saturated carbocycles. The molecule has 4 heteroatoms. The van der Waals surface area contributed by atoms with Crippen LogP contribution in [-0.4, -0.2) is 57.8 Å². The van der Waals surface area contributed by atoms with Gasteiger partial charge in [0.05, 0.1) is 13.2 Å². The molecule has 0 rings (SSSR count). The van der Waals surface area contributed by atoms with Crippen molar-refractivity contribution in [2.24, 2.45) is 0 Å². The molecule has 0 N–H and O–H groups in total. The van der Waals surface area contributed by atoms with Crippen molar-refractivity contribution in [3.63, 3.8) is 0 Å². The fourth-order valence-electron chi connectivity index (χ4n) is 1.33. The Labute approximate surface area is 86.2 Å². The lowest BCUT2D eigenvalue weighted by Crippen LogP contribution is -2.39. The first-order valence-electron chi connectivity index (χ1n) is 4.91. The number of rotatable bonds is 9. The van der Waals surface area contributed by atoms with Gasteiger partial charge < -0.3 is 14.3 Å². The van der Waals surface area contributed by atoms with E-state index in [0.29, 0.717) is 25.7 Å². The molecule has 84 valence electrons. The summed E-state index contributed by atoms with van der Waals surface area (Å²) in [5.41, 5.74) is 0. The minimum Gasteiger partial charge on any atom is -0.383 e. The number of aldehydes is 1. The number of ether oxygens (including phenoxy) is 2. The summed E-state index contributed by atoms with van der Waals surface area (Å²) in [5, 5.41) is 0. The van der Waals surface area contributed by atoms with Crippen molar-refractivity contribution < 1.29 is 14.3 Å². The minimum atomic E-state index is 0.329. The van der Waals surface area contributed by atoms with Gasteiger partial charge >= 0.3 is 0 Å². The van der Waals surface area contributed by atoms with Crippen LogP contribution < -0.4 is 0 Å². The van der Waals surface area contributed by atoms with Gasteiger partial charge in [-0.1, -0.05) is 0 Å². The molecule has 1 atom stereocenters. The van der Waals surface area contributed by atoms with Gasteiger partial charge in [0.15, 0.2) is 0 Å². The highest BCUT2D eigenvalue weighted by Gasteiger charge is 2.12. The lowest BCUT2D eigenvalue weighted by atomic mass is 10.2. The maximum Gasteiger partial charge on any atom is 0.121 e. The van der Waals surface area contributed by atoms with Gasteiger partial charge in [-0.2, -0.15) is 0 Å². The topological polar surface area (TPSA) is 38.8 Å². The molecule has 1 unspecified atom stereocenters. The van der Waals surface area contributed by atoms with Gasteiger partial charge in [0, 0.05) is 39.8 Å². The van der Waals surface area contributed by atoms with E-state index >= 15 is 0 Å². The van der Waals surface area contributed by atoms with Gasteiger partial charge in [-0.25, -0.2) is 0 Å². The molecule has 0 aromatic heterocycles. The van der Waals surface area contributed by atoms with E-state index in [2.05, 4.69) is 11.8 Å². The Morgan fingerprint density at radius 2 is 2.00 bits per heavy atom. The van der Waals surface area contributed by atoms with E-state index < -0.39 is 0 Å². The Balaban J connectivity index is 3.86. The molecule has 0 bridgehead atoms. The highest BCUT2D eigenvalue weighted by Crippen LogP contribution is 2.00. The summed E-state index contributed by atoms with van der Waals surface area (Å²) >= 11 is 0. The summed E-state index contributed by atoms with van der Waals surface area (Å²) in [5.74, 6) is 0. The number of carbonyl (C=O) groups is 1. The second-order valence-electron chi connectivity index (χ2n) is 3.29. The van der Waals surface area contributed by atoms with Gasteiger partial charge in [0.1, 0.15) is 6.29 Å². The van der Waals surface area contributed by atoms with Crippen LogP contribution in [0.3, 0.4) is 0 Å². The van der Waals surface area contributed by atoms with Crippen LogP contribution in [0.1, 0.15) is 13.3 Å². The maximum atomic E-state index is 10.3. The summed E-state index contributed by atoms with van der Waals surface area (Å²) in [6, 6.07) is 0.329. The summed E-state index contributed by atoms with van der Waals surface area (Å²) in [6.07, 6.45) is 1.51. The average molecular weight is 203 g/mol. The van der Waals surface area contributed by atoms with Crippen LogP contribution in [0.4, 0.5) is 0 Å². The largest absolute Gasteiger partial charge is 0.383 e. The number of nitrogens with zero attached hydrogens (tertiary/aromatic N) is 1. The van der Waals surface area contributed by atoms with Crippen LogP contribution in [0.2, 0.25) is 0 Å². The quantitative estimate of drug-likeness (QED) is 0.513. The molecular weight excluding hydrogens is 182 g/mol. The Kier molecular flexibility index (Phi) is 8.83. The number of carbonyl (C=O) groups excluding carboxylic acids is 1. The van der Waals surface area contributed by atoms with Gasteiger partial charge in [-0.15, -0.1) is 0 Å². The van der Waals surface area contributed by atoms with Crippen LogP contribution in [0, 0.1) is 0 Å². The van der Waals surface area contributed by atoms with Crippen LogP contribution in [0.15, 0.2) is 0 Å². The molecule has 0 radical (unpaired) electrons. The molecule has 0 spiro atoms. The van der Waals surface area contributed by atoms with E-state index in [1.807, 2.05) is 0 Å². The number of hydrogen-bond donors (Lipinski definition) is 0. The smallest absolute Gasteiger partial charge is 0.121 e. The van der Waals surface area contributed by atoms with E-state index in [1.165, 1.54) is 0 Å². The SMILES string of the molecule is COCCN(CCC=O)C(C)COC. The third kappa shape index (κ3) is 6.07. The molecule has 14 heavy (non-hydrogen) atoms. The maximum absolute atomic E-state index is 10.3. The standard InChI is InChI=1S/C10H21NO3/c1-10(9-14-3)11(5-4-7-12)6-8-13-2/h7,10H,4-6,8-9H2,1-3H3. The van der Waals surface area contributed by atoms with Gasteiger partial charge in [0.2, 0.25) is 0 Å². The van der Waals surface area contributed by atoms with Crippen LogP contribution in [-0.2, 0) is 14.3 Å². The predicted octanol–water partition coefficient (Wildman–Crippen LogP) is 0.559. The van der Waals surface area contributed by atoms with Crippen molar-refractivity contribution in [3.05, 3.63) is 0 Å².